The summed E-state index contributed by atoms with van der Waals surface area (Å²) in [6.45, 7) is 0.166. The molecule has 7 nitrogen and oxygen atoms in total. The Bertz CT molecular complexity index is 1280. The van der Waals surface area contributed by atoms with Crippen molar-refractivity contribution in [1.82, 2.24) is 14.5 Å². The van der Waals surface area contributed by atoms with Crippen LogP contribution in [0.4, 0.5) is 0 Å². The van der Waals surface area contributed by atoms with E-state index >= 15 is 0 Å². The number of carbonyl (C=O) groups excluding carboxylic acids is 2. The van der Waals surface area contributed by atoms with Crippen LogP contribution >= 0.6 is 0 Å². The molecular formula is C25H23N3O4. The smallest absolute Gasteiger partial charge is 0.306 e. The van der Waals surface area contributed by atoms with Crippen molar-refractivity contribution in [2.75, 3.05) is 6.61 Å². The fraction of sp³-hybridized carbons (Fsp3) is 0.200. The molecule has 0 fully saturated rings. The highest BCUT2D eigenvalue weighted by molar-refractivity contribution is 5.96. The van der Waals surface area contributed by atoms with Gasteiger partial charge in [0.15, 0.2) is 6.61 Å². The van der Waals surface area contributed by atoms with E-state index in [1.165, 1.54) is 0 Å². The molecule has 2 aromatic heterocycles. The van der Waals surface area contributed by atoms with Gasteiger partial charge in [-0.15, -0.1) is 0 Å². The number of hydrogen-bond donors (Lipinski definition) is 1. The van der Waals surface area contributed by atoms with Crippen LogP contribution in [-0.2, 0) is 28.9 Å². The standard InChI is InChI=1S/C25H23N3O4/c29-23(20-10-6-15-26-20)17-32-24(30)13-12-21-25(31)28(16-14-18-7-2-1-3-8-18)22-11-5-4-9-19(22)27-21/h1-11,15,26H,12-14,16-17H2. The van der Waals surface area contributed by atoms with E-state index in [1.54, 1.807) is 22.9 Å². The van der Waals surface area contributed by atoms with Crippen molar-refractivity contribution in [1.29, 1.82) is 0 Å². The van der Waals surface area contributed by atoms with Gasteiger partial charge in [0, 0.05) is 19.2 Å². The summed E-state index contributed by atoms with van der Waals surface area (Å²) in [7, 11) is 0. The molecule has 4 rings (SSSR count). The summed E-state index contributed by atoms with van der Waals surface area (Å²) in [6.07, 6.45) is 2.45. The summed E-state index contributed by atoms with van der Waals surface area (Å²) in [5.74, 6) is -0.856. The van der Waals surface area contributed by atoms with Crippen molar-refractivity contribution in [3.05, 3.63) is 100 Å². The van der Waals surface area contributed by atoms with Gasteiger partial charge >= 0.3 is 5.97 Å². The Morgan fingerprint density at radius 3 is 2.50 bits per heavy atom. The molecule has 0 unspecified atom stereocenters. The minimum Gasteiger partial charge on any atom is -0.457 e. The zero-order valence-corrected chi connectivity index (χ0v) is 17.5. The molecule has 1 N–H and O–H groups in total. The van der Waals surface area contributed by atoms with E-state index in [2.05, 4.69) is 9.97 Å². The zero-order chi connectivity index (χ0) is 22.3. The Hall–Kier alpha value is -4.00. The molecule has 2 aromatic carbocycles. The number of Topliss-reactive ketones (excluding diaryl/α,β-unsaturated/α-hetero) is 1. The Balaban J connectivity index is 1.46. The van der Waals surface area contributed by atoms with E-state index in [-0.39, 0.29) is 30.8 Å². The van der Waals surface area contributed by atoms with E-state index in [9.17, 15) is 14.4 Å². The third kappa shape index (κ3) is 5.00. The number of rotatable bonds is 9. The van der Waals surface area contributed by atoms with Crippen LogP contribution in [0.25, 0.3) is 11.0 Å². The van der Waals surface area contributed by atoms with Gasteiger partial charge in [-0.05, 0) is 36.2 Å². The average molecular weight is 429 g/mol. The number of fused-ring (bicyclic) bond motifs is 1. The lowest BCUT2D eigenvalue weighted by atomic mass is 10.1. The van der Waals surface area contributed by atoms with Gasteiger partial charge in [-0.1, -0.05) is 42.5 Å². The van der Waals surface area contributed by atoms with Crippen LogP contribution in [0.2, 0.25) is 0 Å². The maximum Gasteiger partial charge on any atom is 0.306 e. The summed E-state index contributed by atoms with van der Waals surface area (Å²) >= 11 is 0. The van der Waals surface area contributed by atoms with Crippen LogP contribution in [0, 0.1) is 0 Å². The number of hydrogen-bond acceptors (Lipinski definition) is 5. The van der Waals surface area contributed by atoms with Gasteiger partial charge in [-0.3, -0.25) is 14.4 Å². The minimum absolute atomic E-state index is 0.0305. The van der Waals surface area contributed by atoms with E-state index in [0.717, 1.165) is 11.1 Å². The first kappa shape index (κ1) is 21.2. The molecule has 0 saturated heterocycles. The molecule has 0 aliphatic carbocycles. The highest BCUT2D eigenvalue weighted by Gasteiger charge is 2.15. The van der Waals surface area contributed by atoms with Crippen LogP contribution in [-0.4, -0.2) is 32.9 Å². The fourth-order valence-corrected chi connectivity index (χ4v) is 3.54. The van der Waals surface area contributed by atoms with Gasteiger partial charge < -0.3 is 14.3 Å². The van der Waals surface area contributed by atoms with Crippen molar-refractivity contribution in [2.45, 2.75) is 25.8 Å². The predicted octanol–water partition coefficient (Wildman–Crippen LogP) is 3.33. The molecule has 32 heavy (non-hydrogen) atoms. The number of carbonyl (C=O) groups is 2. The summed E-state index contributed by atoms with van der Waals surface area (Å²) in [4.78, 5) is 44.5. The average Bonchev–Trinajstić information content (AvgIpc) is 3.36. The number of ketones is 1. The lowest BCUT2D eigenvalue weighted by Gasteiger charge is -2.12. The molecule has 0 saturated carbocycles. The van der Waals surface area contributed by atoms with E-state index in [4.69, 9.17) is 4.74 Å². The first-order chi connectivity index (χ1) is 15.6. The van der Waals surface area contributed by atoms with Gasteiger partial charge in [-0.25, -0.2) is 4.98 Å². The topological polar surface area (TPSA) is 94.0 Å². The molecule has 162 valence electrons. The maximum atomic E-state index is 13.1. The number of H-pyrrole nitrogens is 1. The highest BCUT2D eigenvalue weighted by atomic mass is 16.5. The van der Waals surface area contributed by atoms with Gasteiger partial charge in [0.2, 0.25) is 5.78 Å². The van der Waals surface area contributed by atoms with Crippen LogP contribution in [0.1, 0.15) is 28.2 Å². The summed E-state index contributed by atoms with van der Waals surface area (Å²) < 4.78 is 6.78. The van der Waals surface area contributed by atoms with Gasteiger partial charge in [-0.2, -0.15) is 0 Å². The number of nitrogens with one attached hydrogen (secondary N) is 1. The van der Waals surface area contributed by atoms with Crippen molar-refractivity contribution >= 4 is 22.8 Å². The molecule has 4 aromatic rings. The zero-order valence-electron chi connectivity index (χ0n) is 17.5. The molecule has 0 aliphatic rings. The normalized spacial score (nSPS) is 10.9. The van der Waals surface area contributed by atoms with E-state index in [0.29, 0.717) is 29.9 Å². The fourth-order valence-electron chi connectivity index (χ4n) is 3.54. The first-order valence-electron chi connectivity index (χ1n) is 10.5. The summed E-state index contributed by atoms with van der Waals surface area (Å²) in [6, 6.07) is 20.7. The Labute approximate surface area is 184 Å². The predicted molar refractivity (Wildman–Crippen MR) is 121 cm³/mol. The van der Waals surface area contributed by atoms with Crippen LogP contribution < -0.4 is 5.56 Å². The van der Waals surface area contributed by atoms with Crippen molar-refractivity contribution in [2.24, 2.45) is 0 Å². The molecule has 7 heteroatoms. The SMILES string of the molecule is O=C(CCc1nc2ccccc2n(CCc2ccccc2)c1=O)OCC(=O)c1ccc[nH]1. The molecule has 0 amide bonds. The quantitative estimate of drug-likeness (QED) is 0.325. The van der Waals surface area contributed by atoms with Gasteiger partial charge in [0.1, 0.15) is 5.69 Å². The van der Waals surface area contributed by atoms with Crippen LogP contribution in [0.5, 0.6) is 0 Å². The van der Waals surface area contributed by atoms with Gasteiger partial charge in [0.25, 0.3) is 5.56 Å². The molecular weight excluding hydrogens is 406 g/mol. The summed E-state index contributed by atoms with van der Waals surface area (Å²) in [5.41, 5.74) is 3.08. The Morgan fingerprint density at radius 2 is 1.72 bits per heavy atom. The number of para-hydroxylation sites is 2. The molecule has 0 bridgehead atoms. The number of aromatic amines is 1. The maximum absolute atomic E-state index is 13.1. The lowest BCUT2D eigenvalue weighted by Crippen LogP contribution is -2.27. The second-order valence-corrected chi connectivity index (χ2v) is 7.41. The molecule has 0 radical (unpaired) electrons. The van der Waals surface area contributed by atoms with Crippen molar-refractivity contribution < 1.29 is 14.3 Å². The number of esters is 1. The number of nitrogens with zero attached hydrogens (tertiary/aromatic N) is 2. The Kier molecular flexibility index (Phi) is 6.55. The van der Waals surface area contributed by atoms with Gasteiger partial charge in [0.05, 0.1) is 23.1 Å². The van der Waals surface area contributed by atoms with E-state index in [1.807, 2.05) is 54.6 Å². The van der Waals surface area contributed by atoms with Crippen LogP contribution in [0.15, 0.2) is 77.7 Å². The van der Waals surface area contributed by atoms with Crippen molar-refractivity contribution in [3.8, 4) is 0 Å². The second-order valence-electron chi connectivity index (χ2n) is 7.41. The largest absolute Gasteiger partial charge is 0.457 e. The third-order valence-corrected chi connectivity index (χ3v) is 5.22. The Morgan fingerprint density at radius 1 is 0.938 bits per heavy atom. The minimum atomic E-state index is -0.546. The molecule has 0 spiro atoms. The monoisotopic (exact) mass is 429 g/mol. The molecule has 0 atom stereocenters. The number of benzene rings is 2. The second kappa shape index (κ2) is 9.87. The lowest BCUT2D eigenvalue weighted by molar-refractivity contribution is -0.142. The van der Waals surface area contributed by atoms with Crippen LogP contribution in [0.3, 0.4) is 0 Å². The van der Waals surface area contributed by atoms with E-state index < -0.39 is 5.97 Å². The highest BCUT2D eigenvalue weighted by Crippen LogP contribution is 2.12. The molecule has 2 heterocycles. The number of ether oxygens (including phenoxy) is 1. The summed E-state index contributed by atoms with van der Waals surface area (Å²) in [5, 5.41) is 0. The number of aromatic nitrogens is 3. The number of aryl methyl sites for hydroxylation is 3. The molecule has 0 aliphatic heterocycles. The third-order valence-electron chi connectivity index (χ3n) is 5.22. The first-order valence-corrected chi connectivity index (χ1v) is 10.5. The van der Waals surface area contributed by atoms with Crippen molar-refractivity contribution in [3.63, 3.8) is 0 Å².